The highest BCUT2D eigenvalue weighted by molar-refractivity contribution is 5.95. The summed E-state index contributed by atoms with van der Waals surface area (Å²) in [6.45, 7) is 4.74. The van der Waals surface area contributed by atoms with Gasteiger partial charge in [-0.05, 0) is 86.8 Å². The smallest absolute Gasteiger partial charge is 0.323 e. The number of ether oxygens (including phenoxy) is 1. The molecule has 0 N–H and O–H groups in total. The highest BCUT2D eigenvalue weighted by atomic mass is 19.1. The fourth-order valence-corrected chi connectivity index (χ4v) is 6.08. The first-order valence-corrected chi connectivity index (χ1v) is 12.3. The molecule has 0 aliphatic carbocycles. The summed E-state index contributed by atoms with van der Waals surface area (Å²) in [6.07, 6.45) is 4.21. The van der Waals surface area contributed by atoms with Crippen LogP contribution in [0.1, 0.15) is 31.2 Å². The number of likely N-dealkylation sites (tertiary alicyclic amines) is 1. The topological polar surface area (TPSA) is 39.3 Å². The fraction of sp³-hybridized carbons (Fsp3) is 0.519. The lowest BCUT2D eigenvalue weighted by Gasteiger charge is -2.45. The maximum atomic E-state index is 14.2. The molecule has 34 heavy (non-hydrogen) atoms. The minimum absolute atomic E-state index is 0.0296. The predicted molar refractivity (Wildman–Crippen MR) is 134 cm³/mol. The average molecular weight is 467 g/mol. The lowest BCUT2D eigenvalue weighted by molar-refractivity contribution is 0.104. The molecule has 5 rings (SSSR count). The second-order valence-corrected chi connectivity index (χ2v) is 10.2. The number of hydrogen-bond acceptors (Lipinski definition) is 4. The lowest BCUT2D eigenvalue weighted by Crippen LogP contribution is -2.52. The first-order chi connectivity index (χ1) is 16.4. The van der Waals surface area contributed by atoms with E-state index in [0.717, 1.165) is 68.9 Å². The number of nitrogens with zero attached hydrogens (tertiary/aromatic N) is 4. The molecule has 3 aliphatic rings. The average Bonchev–Trinajstić information content (AvgIpc) is 3.17. The number of piperidine rings is 2. The number of carbonyl (C=O) groups is 1. The highest BCUT2D eigenvalue weighted by Crippen LogP contribution is 2.48. The molecule has 0 atom stereocenters. The van der Waals surface area contributed by atoms with Crippen LogP contribution in [0.25, 0.3) is 0 Å². The summed E-state index contributed by atoms with van der Waals surface area (Å²) in [5.74, 6) is 0.672. The molecule has 0 radical (unpaired) electrons. The van der Waals surface area contributed by atoms with Crippen molar-refractivity contribution < 1.29 is 13.9 Å². The third kappa shape index (κ3) is 4.11. The molecule has 3 aliphatic heterocycles. The number of methoxy groups -OCH3 is 1. The van der Waals surface area contributed by atoms with Gasteiger partial charge in [0.05, 0.1) is 7.11 Å². The second-order valence-electron chi connectivity index (χ2n) is 10.2. The largest absolute Gasteiger partial charge is 0.497 e. The van der Waals surface area contributed by atoms with Crippen LogP contribution >= 0.6 is 0 Å². The summed E-state index contributed by atoms with van der Waals surface area (Å²) in [6, 6.07) is 13.8. The van der Waals surface area contributed by atoms with Crippen molar-refractivity contribution in [2.75, 3.05) is 63.7 Å². The highest BCUT2D eigenvalue weighted by Gasteiger charge is 2.47. The molecule has 2 amide bonds. The minimum Gasteiger partial charge on any atom is -0.497 e. The van der Waals surface area contributed by atoms with Gasteiger partial charge in [0.15, 0.2) is 0 Å². The summed E-state index contributed by atoms with van der Waals surface area (Å²) in [5.41, 5.74) is 2.99. The van der Waals surface area contributed by atoms with Gasteiger partial charge in [0, 0.05) is 56.6 Å². The van der Waals surface area contributed by atoms with Crippen molar-refractivity contribution in [3.63, 3.8) is 0 Å². The Balaban J connectivity index is 1.23. The Morgan fingerprint density at radius 1 is 1.03 bits per heavy atom. The van der Waals surface area contributed by atoms with Gasteiger partial charge in [-0.3, -0.25) is 4.90 Å². The van der Waals surface area contributed by atoms with Crippen LogP contribution in [0.15, 0.2) is 42.5 Å². The molecule has 7 heteroatoms. The van der Waals surface area contributed by atoms with Crippen LogP contribution in [-0.4, -0.2) is 75.8 Å². The van der Waals surface area contributed by atoms with Gasteiger partial charge in [-0.2, -0.15) is 0 Å². The standard InChI is InChI=1S/C27H35FN4O2/c1-29(2)26(33)32-19-27(24-18-20(28)4-9-25(24)32)12-16-31(17-13-27)22-10-14-30(15-11-22)21-5-7-23(34-3)8-6-21/h4-9,18,22H,10-17,19H2,1-3H3. The summed E-state index contributed by atoms with van der Waals surface area (Å²) < 4.78 is 19.5. The molecule has 2 fully saturated rings. The Morgan fingerprint density at radius 2 is 1.71 bits per heavy atom. The molecule has 0 saturated carbocycles. The molecular weight excluding hydrogens is 431 g/mol. The van der Waals surface area contributed by atoms with Gasteiger partial charge in [-0.25, -0.2) is 9.18 Å². The number of rotatable bonds is 3. The van der Waals surface area contributed by atoms with Crippen molar-refractivity contribution in [2.24, 2.45) is 0 Å². The maximum Gasteiger partial charge on any atom is 0.323 e. The maximum absolute atomic E-state index is 14.2. The molecule has 0 aromatic heterocycles. The van der Waals surface area contributed by atoms with Gasteiger partial charge in [0.1, 0.15) is 11.6 Å². The Kier molecular flexibility index (Phi) is 6.15. The number of anilines is 2. The molecule has 1 spiro atoms. The quantitative estimate of drug-likeness (QED) is 0.675. The Labute approximate surface area is 201 Å². The van der Waals surface area contributed by atoms with Crippen molar-refractivity contribution in [3.05, 3.63) is 53.8 Å². The van der Waals surface area contributed by atoms with E-state index in [4.69, 9.17) is 4.74 Å². The normalized spacial score (nSPS) is 20.5. The number of urea groups is 1. The molecule has 0 bridgehead atoms. The zero-order valence-corrected chi connectivity index (χ0v) is 20.5. The summed E-state index contributed by atoms with van der Waals surface area (Å²) in [7, 11) is 5.25. The SMILES string of the molecule is COc1ccc(N2CCC(N3CCC4(CC3)CN(C(=O)N(C)C)c3ccc(F)cc34)CC2)cc1. The van der Waals surface area contributed by atoms with E-state index in [1.807, 2.05) is 17.0 Å². The van der Waals surface area contributed by atoms with Crippen LogP contribution in [0.5, 0.6) is 5.75 Å². The van der Waals surface area contributed by atoms with E-state index < -0.39 is 0 Å². The first-order valence-electron chi connectivity index (χ1n) is 12.3. The van der Waals surface area contributed by atoms with Gasteiger partial charge in [-0.15, -0.1) is 0 Å². The zero-order valence-electron chi connectivity index (χ0n) is 20.5. The van der Waals surface area contributed by atoms with E-state index in [1.165, 1.54) is 11.8 Å². The monoisotopic (exact) mass is 466 g/mol. The van der Waals surface area contributed by atoms with Gasteiger partial charge in [-0.1, -0.05) is 0 Å². The summed E-state index contributed by atoms with van der Waals surface area (Å²) in [5, 5.41) is 0. The first kappa shape index (κ1) is 23.0. The minimum atomic E-state index is -0.217. The number of halogens is 1. The fourth-order valence-electron chi connectivity index (χ4n) is 6.08. The molecule has 2 aromatic carbocycles. The van der Waals surface area contributed by atoms with E-state index in [1.54, 1.807) is 38.2 Å². The Morgan fingerprint density at radius 3 is 2.32 bits per heavy atom. The molecule has 2 aromatic rings. The number of fused-ring (bicyclic) bond motifs is 2. The second kappa shape index (κ2) is 9.10. The van der Waals surface area contributed by atoms with Crippen LogP contribution in [0.3, 0.4) is 0 Å². The number of carbonyl (C=O) groups excluding carboxylic acids is 1. The number of hydrogen-bond donors (Lipinski definition) is 0. The molecule has 6 nitrogen and oxygen atoms in total. The Hall–Kier alpha value is -2.80. The summed E-state index contributed by atoms with van der Waals surface area (Å²) >= 11 is 0. The van der Waals surface area contributed by atoms with Crippen LogP contribution in [0.2, 0.25) is 0 Å². The van der Waals surface area contributed by atoms with Crippen LogP contribution in [0.4, 0.5) is 20.6 Å². The molecule has 0 unspecified atom stereocenters. The van der Waals surface area contributed by atoms with Gasteiger partial charge >= 0.3 is 6.03 Å². The molecule has 2 saturated heterocycles. The van der Waals surface area contributed by atoms with Crippen molar-refractivity contribution in [2.45, 2.75) is 37.1 Å². The van der Waals surface area contributed by atoms with Crippen LogP contribution in [-0.2, 0) is 5.41 Å². The van der Waals surface area contributed by atoms with E-state index in [-0.39, 0.29) is 17.3 Å². The Bertz CT molecular complexity index is 1030. The van der Waals surface area contributed by atoms with Crippen LogP contribution < -0.4 is 14.5 Å². The predicted octanol–water partition coefficient (Wildman–Crippen LogP) is 4.34. The van der Waals surface area contributed by atoms with Crippen molar-refractivity contribution >= 4 is 17.4 Å². The molecular formula is C27H35FN4O2. The van der Waals surface area contributed by atoms with Gasteiger partial charge in [0.25, 0.3) is 0 Å². The van der Waals surface area contributed by atoms with Crippen molar-refractivity contribution in [1.29, 1.82) is 0 Å². The zero-order chi connectivity index (χ0) is 23.9. The summed E-state index contributed by atoms with van der Waals surface area (Å²) in [4.78, 5) is 21.4. The number of amides is 2. The van der Waals surface area contributed by atoms with E-state index in [0.29, 0.717) is 12.6 Å². The van der Waals surface area contributed by atoms with Gasteiger partial charge in [0.2, 0.25) is 0 Å². The van der Waals surface area contributed by atoms with Crippen molar-refractivity contribution in [1.82, 2.24) is 9.80 Å². The lowest BCUT2D eigenvalue weighted by atomic mass is 9.74. The molecule has 182 valence electrons. The van der Waals surface area contributed by atoms with E-state index in [9.17, 15) is 9.18 Å². The number of benzene rings is 2. The van der Waals surface area contributed by atoms with E-state index in [2.05, 4.69) is 21.9 Å². The van der Waals surface area contributed by atoms with Crippen LogP contribution in [0, 0.1) is 5.82 Å². The third-order valence-electron chi connectivity index (χ3n) is 8.07. The van der Waals surface area contributed by atoms with Gasteiger partial charge < -0.3 is 19.4 Å². The molecule has 3 heterocycles. The third-order valence-corrected chi connectivity index (χ3v) is 8.07. The van der Waals surface area contributed by atoms with Crippen molar-refractivity contribution in [3.8, 4) is 5.75 Å². The van der Waals surface area contributed by atoms with E-state index >= 15 is 0 Å².